The molecule has 1 heterocycles. The van der Waals surface area contributed by atoms with Crippen molar-refractivity contribution < 1.29 is 14.3 Å². The average Bonchev–Trinajstić information content (AvgIpc) is 2.73. The molecule has 2 rings (SSSR count). The monoisotopic (exact) mass is 225 g/mol. The number of hydrogen-bond acceptors (Lipinski definition) is 3. The van der Waals surface area contributed by atoms with Gasteiger partial charge >= 0.3 is 6.09 Å². The van der Waals surface area contributed by atoms with Crippen molar-refractivity contribution in [3.05, 3.63) is 0 Å². The topological polar surface area (TPSA) is 46.6 Å². The summed E-state index contributed by atoms with van der Waals surface area (Å²) in [5, 5.41) is 0. The molecule has 3 atom stereocenters. The van der Waals surface area contributed by atoms with E-state index in [-0.39, 0.29) is 17.9 Å². The molecule has 0 radical (unpaired) electrons. The van der Waals surface area contributed by atoms with Gasteiger partial charge in [0.25, 0.3) is 0 Å². The molecule has 1 aliphatic carbocycles. The second-order valence-electron chi connectivity index (χ2n) is 5.85. The van der Waals surface area contributed by atoms with Gasteiger partial charge in [0.2, 0.25) is 0 Å². The number of ether oxygens (including phenoxy) is 1. The Morgan fingerprint density at radius 2 is 1.94 bits per heavy atom. The number of likely N-dealkylation sites (tertiary alicyclic amines) is 1. The largest absolute Gasteiger partial charge is 0.444 e. The highest BCUT2D eigenvalue weighted by Crippen LogP contribution is 2.50. The summed E-state index contributed by atoms with van der Waals surface area (Å²) in [4.78, 5) is 25.0. The smallest absolute Gasteiger partial charge is 0.410 e. The zero-order valence-electron chi connectivity index (χ0n) is 10.3. The summed E-state index contributed by atoms with van der Waals surface area (Å²) in [5.74, 6) is 1.00. The molecule has 0 aromatic heterocycles. The number of amides is 1. The van der Waals surface area contributed by atoms with Gasteiger partial charge in [-0.25, -0.2) is 4.79 Å². The van der Waals surface area contributed by atoms with Crippen LogP contribution in [0.2, 0.25) is 0 Å². The lowest BCUT2D eigenvalue weighted by Gasteiger charge is -2.29. The summed E-state index contributed by atoms with van der Waals surface area (Å²) < 4.78 is 5.31. The molecule has 16 heavy (non-hydrogen) atoms. The zero-order valence-corrected chi connectivity index (χ0v) is 10.3. The van der Waals surface area contributed by atoms with Gasteiger partial charge in [0.1, 0.15) is 5.60 Å². The highest BCUT2D eigenvalue weighted by atomic mass is 16.6. The Kier molecular flexibility index (Phi) is 2.48. The molecule has 2 fully saturated rings. The SMILES string of the molecule is CC(=O)[C@@H]1[C@@H]2C[C@@H]2CN1C(=O)OC(C)(C)C. The van der Waals surface area contributed by atoms with E-state index in [0.717, 1.165) is 6.42 Å². The molecule has 1 aliphatic heterocycles. The average molecular weight is 225 g/mol. The number of carbonyl (C=O) groups is 2. The predicted octanol–water partition coefficient (Wildman–Crippen LogP) is 1.83. The van der Waals surface area contributed by atoms with E-state index in [0.29, 0.717) is 18.4 Å². The Hall–Kier alpha value is -1.06. The van der Waals surface area contributed by atoms with Gasteiger partial charge in [-0.3, -0.25) is 9.69 Å². The molecule has 0 bridgehead atoms. The lowest BCUT2D eigenvalue weighted by molar-refractivity contribution is -0.122. The van der Waals surface area contributed by atoms with Gasteiger partial charge in [0.15, 0.2) is 5.78 Å². The van der Waals surface area contributed by atoms with Crippen molar-refractivity contribution >= 4 is 11.9 Å². The van der Waals surface area contributed by atoms with Crippen LogP contribution in [0.5, 0.6) is 0 Å². The number of carbonyl (C=O) groups excluding carboxylic acids is 2. The summed E-state index contributed by atoms with van der Waals surface area (Å²) >= 11 is 0. The maximum absolute atomic E-state index is 11.9. The van der Waals surface area contributed by atoms with Crippen LogP contribution in [-0.2, 0) is 9.53 Å². The van der Waals surface area contributed by atoms with Gasteiger partial charge in [0, 0.05) is 6.54 Å². The molecule has 90 valence electrons. The molecule has 4 heteroatoms. The zero-order chi connectivity index (χ0) is 12.1. The van der Waals surface area contributed by atoms with Crippen LogP contribution in [0.25, 0.3) is 0 Å². The first-order chi connectivity index (χ1) is 7.29. The van der Waals surface area contributed by atoms with E-state index in [9.17, 15) is 9.59 Å². The minimum atomic E-state index is -0.495. The van der Waals surface area contributed by atoms with Crippen molar-refractivity contribution in [3.63, 3.8) is 0 Å². The lowest BCUT2D eigenvalue weighted by atomic mass is 10.1. The second kappa shape index (κ2) is 3.47. The van der Waals surface area contributed by atoms with Crippen molar-refractivity contribution in [2.24, 2.45) is 11.8 Å². The molecule has 0 unspecified atom stereocenters. The number of fused-ring (bicyclic) bond motifs is 1. The van der Waals surface area contributed by atoms with Gasteiger partial charge < -0.3 is 4.74 Å². The van der Waals surface area contributed by atoms with Crippen LogP contribution >= 0.6 is 0 Å². The molecule has 1 saturated heterocycles. The van der Waals surface area contributed by atoms with Crippen LogP contribution in [0.4, 0.5) is 4.79 Å². The highest BCUT2D eigenvalue weighted by Gasteiger charge is 2.56. The van der Waals surface area contributed by atoms with Crippen LogP contribution in [0, 0.1) is 11.8 Å². The minimum absolute atomic E-state index is 0.0795. The van der Waals surface area contributed by atoms with E-state index >= 15 is 0 Å². The van der Waals surface area contributed by atoms with Gasteiger partial charge in [0.05, 0.1) is 6.04 Å². The van der Waals surface area contributed by atoms with Crippen molar-refractivity contribution in [3.8, 4) is 0 Å². The van der Waals surface area contributed by atoms with Crippen LogP contribution in [0.15, 0.2) is 0 Å². The first-order valence-electron chi connectivity index (χ1n) is 5.79. The molecule has 0 aromatic rings. The molecule has 1 saturated carbocycles. The molecular formula is C12H19NO3. The summed E-state index contributed by atoms with van der Waals surface area (Å²) in [7, 11) is 0. The van der Waals surface area contributed by atoms with Crippen molar-refractivity contribution in [1.29, 1.82) is 0 Å². The highest BCUT2D eigenvalue weighted by molar-refractivity contribution is 5.87. The van der Waals surface area contributed by atoms with Gasteiger partial charge in [-0.2, -0.15) is 0 Å². The van der Waals surface area contributed by atoms with E-state index in [1.165, 1.54) is 0 Å². The van der Waals surface area contributed by atoms with Crippen molar-refractivity contribution in [2.75, 3.05) is 6.54 Å². The fourth-order valence-corrected chi connectivity index (χ4v) is 2.49. The summed E-state index contributed by atoms with van der Waals surface area (Å²) in [6.45, 7) is 7.76. The third-order valence-electron chi connectivity index (χ3n) is 3.19. The summed E-state index contributed by atoms with van der Waals surface area (Å²) in [6, 6.07) is -0.236. The Morgan fingerprint density at radius 1 is 1.31 bits per heavy atom. The van der Waals surface area contributed by atoms with E-state index in [2.05, 4.69) is 0 Å². The van der Waals surface area contributed by atoms with Crippen LogP contribution in [0.1, 0.15) is 34.1 Å². The van der Waals surface area contributed by atoms with Gasteiger partial charge in [-0.05, 0) is 46.0 Å². The molecule has 1 amide bonds. The predicted molar refractivity (Wildman–Crippen MR) is 59.0 cm³/mol. The number of hydrogen-bond donors (Lipinski definition) is 0. The second-order valence-corrected chi connectivity index (χ2v) is 5.85. The number of rotatable bonds is 1. The van der Waals surface area contributed by atoms with Crippen molar-refractivity contribution in [2.45, 2.75) is 45.8 Å². The van der Waals surface area contributed by atoms with Crippen LogP contribution in [-0.4, -0.2) is 35.0 Å². The van der Waals surface area contributed by atoms with Gasteiger partial charge in [-0.15, -0.1) is 0 Å². The van der Waals surface area contributed by atoms with Crippen molar-refractivity contribution in [1.82, 2.24) is 4.90 Å². The molecule has 4 nitrogen and oxygen atoms in total. The number of nitrogens with zero attached hydrogens (tertiary/aromatic N) is 1. The lowest BCUT2D eigenvalue weighted by Crippen LogP contribution is -2.45. The third kappa shape index (κ3) is 2.06. The maximum atomic E-state index is 11.9. The van der Waals surface area contributed by atoms with Crippen LogP contribution < -0.4 is 0 Å². The Balaban J connectivity index is 2.04. The normalized spacial score (nSPS) is 32.2. The molecule has 2 aliphatic rings. The first kappa shape index (κ1) is 11.4. The number of Topliss-reactive ketones (excluding diaryl/α,β-unsaturated/α-hetero) is 1. The van der Waals surface area contributed by atoms with E-state index in [1.807, 2.05) is 20.8 Å². The quantitative estimate of drug-likeness (QED) is 0.684. The maximum Gasteiger partial charge on any atom is 0.410 e. The number of ketones is 1. The van der Waals surface area contributed by atoms with E-state index < -0.39 is 5.60 Å². The van der Waals surface area contributed by atoms with Crippen LogP contribution in [0.3, 0.4) is 0 Å². The first-order valence-corrected chi connectivity index (χ1v) is 5.79. The molecule has 0 aromatic carbocycles. The molecular weight excluding hydrogens is 206 g/mol. The molecule has 0 spiro atoms. The Morgan fingerprint density at radius 3 is 2.44 bits per heavy atom. The fourth-order valence-electron chi connectivity index (χ4n) is 2.49. The summed E-state index contributed by atoms with van der Waals surface area (Å²) in [6.07, 6.45) is 0.740. The Labute approximate surface area is 95.9 Å². The minimum Gasteiger partial charge on any atom is -0.444 e. The molecule has 0 N–H and O–H groups in total. The van der Waals surface area contributed by atoms with Gasteiger partial charge in [-0.1, -0.05) is 0 Å². The Bertz CT molecular complexity index is 332. The standard InChI is InChI=1S/C12H19NO3/c1-7(14)10-9-5-8(9)6-13(10)11(15)16-12(2,3)4/h8-10H,5-6H2,1-4H3/t8-,9-,10-/m1/s1. The third-order valence-corrected chi connectivity index (χ3v) is 3.19. The fraction of sp³-hybridized carbons (Fsp3) is 0.833. The van der Waals surface area contributed by atoms with E-state index in [1.54, 1.807) is 11.8 Å². The van der Waals surface area contributed by atoms with E-state index in [4.69, 9.17) is 4.74 Å². The summed E-state index contributed by atoms with van der Waals surface area (Å²) in [5.41, 5.74) is -0.495. The number of piperidine rings is 1.